The van der Waals surface area contributed by atoms with Crippen LogP contribution in [0.15, 0.2) is 30.6 Å². The molecule has 2 N–H and O–H groups in total. The van der Waals surface area contributed by atoms with Crippen molar-refractivity contribution in [2.45, 2.75) is 33.2 Å². The molecule has 0 aliphatic carbocycles. The van der Waals surface area contributed by atoms with Gasteiger partial charge in [-0.2, -0.15) is 0 Å². The third kappa shape index (κ3) is 4.64. The van der Waals surface area contributed by atoms with Crippen LogP contribution in [-0.2, 0) is 22.6 Å². The number of aromatic nitrogens is 2. The smallest absolute Gasteiger partial charge is 0.230 e. The van der Waals surface area contributed by atoms with Crippen molar-refractivity contribution in [3.63, 3.8) is 0 Å². The number of aryl methyl sites for hydroxylation is 1. The van der Waals surface area contributed by atoms with E-state index in [-0.39, 0.29) is 24.8 Å². The number of carbonyl (C=O) groups is 2. The molecule has 8 nitrogen and oxygen atoms in total. The highest BCUT2D eigenvalue weighted by Gasteiger charge is 2.50. The van der Waals surface area contributed by atoms with Crippen molar-refractivity contribution in [3.05, 3.63) is 47.5 Å². The number of methoxy groups -OCH3 is 1. The predicted molar refractivity (Wildman–Crippen MR) is 112 cm³/mol. The number of nitrogens with zero attached hydrogens (tertiary/aromatic N) is 3. The maximum absolute atomic E-state index is 13.2. The Bertz CT molecular complexity index is 902. The molecule has 1 fully saturated rings. The highest BCUT2D eigenvalue weighted by Crippen LogP contribution is 2.35. The molecule has 0 saturated carbocycles. The largest absolute Gasteiger partial charge is 0.497 e. The number of aliphatic hydroxyl groups is 1. The molecule has 0 bridgehead atoms. The van der Waals surface area contributed by atoms with Crippen molar-refractivity contribution >= 4 is 11.8 Å². The maximum Gasteiger partial charge on any atom is 0.230 e. The molecule has 8 heteroatoms. The summed E-state index contributed by atoms with van der Waals surface area (Å²) in [7, 11) is 1.61. The Morgan fingerprint density at radius 3 is 2.70 bits per heavy atom. The summed E-state index contributed by atoms with van der Waals surface area (Å²) in [5, 5.41) is 12.1. The van der Waals surface area contributed by atoms with Gasteiger partial charge in [-0.1, -0.05) is 12.1 Å². The second-order valence-electron chi connectivity index (χ2n) is 7.90. The van der Waals surface area contributed by atoms with E-state index in [1.165, 1.54) is 0 Å². The molecular weight excluding hydrogens is 384 g/mol. The van der Waals surface area contributed by atoms with Crippen LogP contribution < -0.4 is 10.1 Å². The molecule has 0 spiro atoms. The van der Waals surface area contributed by atoms with Gasteiger partial charge in [-0.3, -0.25) is 9.59 Å². The van der Waals surface area contributed by atoms with E-state index in [1.807, 2.05) is 42.7 Å². The van der Waals surface area contributed by atoms with Crippen LogP contribution in [0.25, 0.3) is 0 Å². The SMILES string of the molecule is COc1cccc(CC2(C(=O)NCCn3cnc(C)c3C)CN(C(=O)CCO)C2)c1. The fourth-order valence-corrected chi connectivity index (χ4v) is 3.87. The minimum Gasteiger partial charge on any atom is -0.497 e. The van der Waals surface area contributed by atoms with Crippen LogP contribution >= 0.6 is 0 Å². The van der Waals surface area contributed by atoms with Crippen LogP contribution in [0.5, 0.6) is 5.75 Å². The minimum absolute atomic E-state index is 0.0622. The molecule has 2 aromatic rings. The zero-order valence-corrected chi connectivity index (χ0v) is 17.9. The van der Waals surface area contributed by atoms with Gasteiger partial charge < -0.3 is 24.6 Å². The van der Waals surface area contributed by atoms with E-state index >= 15 is 0 Å². The fourth-order valence-electron chi connectivity index (χ4n) is 3.87. The monoisotopic (exact) mass is 414 g/mol. The molecule has 1 saturated heterocycles. The van der Waals surface area contributed by atoms with E-state index in [1.54, 1.807) is 18.3 Å². The molecule has 0 radical (unpaired) electrons. The average molecular weight is 415 g/mol. The van der Waals surface area contributed by atoms with Crippen molar-refractivity contribution in [3.8, 4) is 5.75 Å². The second-order valence-corrected chi connectivity index (χ2v) is 7.90. The van der Waals surface area contributed by atoms with Crippen molar-refractivity contribution < 1.29 is 19.4 Å². The molecule has 2 amide bonds. The van der Waals surface area contributed by atoms with Gasteiger partial charge in [0.15, 0.2) is 0 Å². The molecule has 1 aromatic carbocycles. The van der Waals surface area contributed by atoms with E-state index in [0.717, 1.165) is 22.7 Å². The van der Waals surface area contributed by atoms with Gasteiger partial charge in [0.25, 0.3) is 0 Å². The molecule has 2 heterocycles. The number of amides is 2. The number of hydrogen-bond acceptors (Lipinski definition) is 5. The summed E-state index contributed by atoms with van der Waals surface area (Å²) in [6.07, 6.45) is 2.37. The number of hydrogen-bond donors (Lipinski definition) is 2. The van der Waals surface area contributed by atoms with Crippen molar-refractivity contribution in [1.82, 2.24) is 19.8 Å². The van der Waals surface area contributed by atoms with E-state index in [9.17, 15) is 9.59 Å². The van der Waals surface area contributed by atoms with Gasteiger partial charge in [0.2, 0.25) is 11.8 Å². The van der Waals surface area contributed by atoms with Gasteiger partial charge in [-0.25, -0.2) is 4.98 Å². The number of benzene rings is 1. The first-order valence-corrected chi connectivity index (χ1v) is 10.2. The average Bonchev–Trinajstić information content (AvgIpc) is 3.02. The third-order valence-corrected chi connectivity index (χ3v) is 5.81. The second kappa shape index (κ2) is 9.30. The molecule has 1 aromatic heterocycles. The van der Waals surface area contributed by atoms with Gasteiger partial charge in [-0.05, 0) is 38.0 Å². The van der Waals surface area contributed by atoms with Crippen LogP contribution in [0, 0.1) is 19.3 Å². The summed E-state index contributed by atoms with van der Waals surface area (Å²) in [5.41, 5.74) is 2.37. The van der Waals surface area contributed by atoms with Crippen LogP contribution in [0.1, 0.15) is 23.4 Å². The molecular formula is C22H30N4O4. The lowest BCUT2D eigenvalue weighted by Crippen LogP contribution is -2.65. The normalized spacial score (nSPS) is 14.9. The molecule has 1 aliphatic rings. The van der Waals surface area contributed by atoms with Crippen molar-refractivity contribution in [2.24, 2.45) is 5.41 Å². The quantitative estimate of drug-likeness (QED) is 0.640. The lowest BCUT2D eigenvalue weighted by atomic mass is 9.73. The highest BCUT2D eigenvalue weighted by molar-refractivity contribution is 5.88. The standard InChI is InChI=1S/C22H30N4O4/c1-16-17(2)25(15-24-16)9-8-23-21(29)22(13-26(14-22)20(28)7-10-27)12-18-5-4-6-19(11-18)30-3/h4-6,11,15,27H,7-10,12-14H2,1-3H3,(H,23,29). The topological polar surface area (TPSA) is 96.7 Å². The summed E-state index contributed by atoms with van der Waals surface area (Å²) >= 11 is 0. The summed E-state index contributed by atoms with van der Waals surface area (Å²) in [4.78, 5) is 31.2. The summed E-state index contributed by atoms with van der Waals surface area (Å²) in [6.45, 7) is 5.59. The molecule has 0 unspecified atom stereocenters. The zero-order chi connectivity index (χ0) is 21.7. The fraction of sp³-hybridized carbons (Fsp3) is 0.500. The Labute approximate surface area is 176 Å². The number of likely N-dealkylation sites (tertiary alicyclic amines) is 1. The van der Waals surface area contributed by atoms with E-state index in [2.05, 4.69) is 10.3 Å². The Balaban J connectivity index is 1.68. The van der Waals surface area contributed by atoms with Crippen LogP contribution in [0.4, 0.5) is 0 Å². The number of carbonyl (C=O) groups excluding carboxylic acids is 2. The van der Waals surface area contributed by atoms with Crippen LogP contribution in [0.3, 0.4) is 0 Å². The number of nitrogens with one attached hydrogen (secondary N) is 1. The Morgan fingerprint density at radius 1 is 1.30 bits per heavy atom. The van der Waals surface area contributed by atoms with Gasteiger partial charge in [-0.15, -0.1) is 0 Å². The number of aliphatic hydroxyl groups excluding tert-OH is 1. The van der Waals surface area contributed by atoms with Crippen molar-refractivity contribution in [2.75, 3.05) is 33.4 Å². The molecule has 1 aliphatic heterocycles. The number of imidazole rings is 1. The predicted octanol–water partition coefficient (Wildman–Crippen LogP) is 1.08. The lowest BCUT2D eigenvalue weighted by molar-refractivity contribution is -0.154. The number of rotatable bonds is 9. The minimum atomic E-state index is -0.683. The van der Waals surface area contributed by atoms with Gasteiger partial charge in [0.1, 0.15) is 5.75 Å². The third-order valence-electron chi connectivity index (χ3n) is 5.81. The maximum atomic E-state index is 13.2. The molecule has 3 rings (SSSR count). The first kappa shape index (κ1) is 21.8. The van der Waals surface area contributed by atoms with Crippen LogP contribution in [0.2, 0.25) is 0 Å². The lowest BCUT2D eigenvalue weighted by Gasteiger charge is -2.49. The Kier molecular flexibility index (Phi) is 6.77. The molecule has 30 heavy (non-hydrogen) atoms. The molecule has 162 valence electrons. The van der Waals surface area contributed by atoms with Gasteiger partial charge in [0.05, 0.1) is 31.2 Å². The Hall–Kier alpha value is -2.87. The van der Waals surface area contributed by atoms with E-state index in [4.69, 9.17) is 9.84 Å². The molecule has 0 atom stereocenters. The van der Waals surface area contributed by atoms with Crippen molar-refractivity contribution in [1.29, 1.82) is 0 Å². The van der Waals surface area contributed by atoms with Gasteiger partial charge in [0, 0.05) is 38.3 Å². The van der Waals surface area contributed by atoms with Crippen LogP contribution in [-0.4, -0.2) is 64.7 Å². The number of ether oxygens (including phenoxy) is 1. The van der Waals surface area contributed by atoms with E-state index < -0.39 is 5.41 Å². The summed E-state index contributed by atoms with van der Waals surface area (Å²) < 4.78 is 7.31. The van der Waals surface area contributed by atoms with E-state index in [0.29, 0.717) is 32.6 Å². The summed E-state index contributed by atoms with van der Waals surface area (Å²) in [5.74, 6) is 0.547. The zero-order valence-electron chi connectivity index (χ0n) is 17.9. The first-order valence-electron chi connectivity index (χ1n) is 10.2. The van der Waals surface area contributed by atoms with Gasteiger partial charge >= 0.3 is 0 Å². The summed E-state index contributed by atoms with van der Waals surface area (Å²) in [6, 6.07) is 7.65. The highest BCUT2D eigenvalue weighted by atomic mass is 16.5. The first-order chi connectivity index (χ1) is 14.4. The Morgan fingerprint density at radius 2 is 2.07 bits per heavy atom.